The number of rotatable bonds is 10. The molecule has 0 saturated heterocycles. The second kappa shape index (κ2) is 21.3. The topological polar surface area (TPSA) is 35.9 Å². The second-order valence-electron chi connectivity index (χ2n) is 13.5. The molecule has 4 nitrogen and oxygen atoms in total. The molecular formula is C34H64BClN2O2Si2U. The Bertz CT molecular complexity index is 985. The Morgan fingerprint density at radius 3 is 1.21 bits per heavy atom. The number of benzene rings is 2. The number of nitrogens with zero attached hydrogens (tertiary/aromatic N) is 2. The van der Waals surface area contributed by atoms with E-state index in [2.05, 4.69) is 135 Å². The van der Waals surface area contributed by atoms with Crippen LogP contribution in [0.1, 0.15) is 83.1 Å². The molecule has 0 aromatic heterocycles. The molecule has 43 heavy (non-hydrogen) atoms. The molecule has 1 N–H and O–H groups in total. The van der Waals surface area contributed by atoms with Gasteiger partial charge in [-0.05, 0) is 58.8 Å². The number of aromatic hydroxyl groups is 1. The molecule has 0 atom stereocenters. The van der Waals surface area contributed by atoms with Crippen molar-refractivity contribution >= 4 is 46.5 Å². The Hall–Kier alpha value is -0.519. The fraction of sp³-hybridized carbons (Fsp3) is 0.647. The first-order valence-electron chi connectivity index (χ1n) is 15.9. The summed E-state index contributed by atoms with van der Waals surface area (Å²) in [6, 6.07) is 15.6. The number of anilines is 2. The van der Waals surface area contributed by atoms with E-state index in [0.29, 0.717) is 39.0 Å². The minimum absolute atomic E-state index is 0. The number of phenols is 1. The molecule has 244 valence electrons. The molecule has 2 radical (unpaired) electrons. The number of phenolic OH excluding ortho intramolecular Hbond substituents is 1. The van der Waals surface area contributed by atoms with Crippen LogP contribution in [0, 0.1) is 31.1 Å². The van der Waals surface area contributed by atoms with Gasteiger partial charge in [0.25, 0.3) is 8.32 Å². The normalized spacial score (nSPS) is 11.6. The van der Waals surface area contributed by atoms with Crippen LogP contribution in [-0.4, -0.2) is 58.7 Å². The van der Waals surface area contributed by atoms with Crippen molar-refractivity contribution in [3.05, 3.63) is 48.5 Å². The van der Waals surface area contributed by atoms with Crippen molar-refractivity contribution in [3.8, 4) is 11.5 Å². The van der Waals surface area contributed by atoms with Crippen molar-refractivity contribution in [2.75, 3.05) is 38.0 Å². The summed E-state index contributed by atoms with van der Waals surface area (Å²) in [5.74, 6) is 1.37. The van der Waals surface area contributed by atoms with Crippen LogP contribution in [-0.2, 0) is 0 Å². The molecule has 2 aromatic carbocycles. The van der Waals surface area contributed by atoms with Gasteiger partial charge in [-0.3, -0.25) is 0 Å². The van der Waals surface area contributed by atoms with Gasteiger partial charge in [0.1, 0.15) is 11.5 Å². The van der Waals surface area contributed by atoms with Crippen molar-refractivity contribution in [2.45, 2.75) is 116 Å². The van der Waals surface area contributed by atoms with Gasteiger partial charge >= 0.3 is 0 Å². The molecule has 0 unspecified atom stereocenters. The summed E-state index contributed by atoms with van der Waals surface area (Å²) in [5.41, 5.74) is 5.86. The summed E-state index contributed by atoms with van der Waals surface area (Å²) in [6.45, 7) is 27.5. The molecule has 0 aliphatic heterocycles. The van der Waals surface area contributed by atoms with Gasteiger partial charge in [0.05, 0.1) is 11.4 Å². The summed E-state index contributed by atoms with van der Waals surface area (Å²) in [7, 11) is 8.31. The summed E-state index contributed by atoms with van der Waals surface area (Å²) in [4.78, 5) is 4.00. The Balaban J connectivity index is -0.000000596. The monoisotopic (exact) mass is 873 g/mol. The quantitative estimate of drug-likeness (QED) is 0.191. The zero-order chi connectivity index (χ0) is 34.3. The van der Waals surface area contributed by atoms with Gasteiger partial charge in [-0.15, -0.1) is 0 Å². The first-order chi connectivity index (χ1) is 19.8. The smallest absolute Gasteiger partial charge is 0.258 e. The summed E-state index contributed by atoms with van der Waals surface area (Å²) in [5, 5.41) is 9.24. The third-order valence-corrected chi connectivity index (χ3v) is 23.6. The average Bonchev–Trinajstić information content (AvgIpc) is 2.92. The van der Waals surface area contributed by atoms with Crippen LogP contribution < -0.4 is 14.2 Å². The molecule has 0 saturated carbocycles. The third-order valence-electron chi connectivity index (χ3n) is 8.36. The van der Waals surface area contributed by atoms with Gasteiger partial charge in [0, 0.05) is 67.7 Å². The van der Waals surface area contributed by atoms with E-state index in [4.69, 9.17) is 16.8 Å². The fourth-order valence-corrected chi connectivity index (χ4v) is 15.6. The van der Waals surface area contributed by atoms with E-state index < -0.39 is 15.7 Å². The fourth-order valence-electron chi connectivity index (χ4n) is 6.30. The first-order valence-corrected chi connectivity index (χ1v) is 20.8. The van der Waals surface area contributed by atoms with Gasteiger partial charge in [-0.2, -0.15) is 11.1 Å². The van der Waals surface area contributed by atoms with Gasteiger partial charge in [0.15, 0.2) is 7.38 Å². The predicted octanol–water partition coefficient (Wildman–Crippen LogP) is 10.5. The minimum Gasteiger partial charge on any atom is -0.541 e. The van der Waals surface area contributed by atoms with E-state index in [1.54, 1.807) is 6.07 Å². The average molecular weight is 874 g/mol. The molecular weight excluding hydrogens is 809 g/mol. The van der Waals surface area contributed by atoms with E-state index in [-0.39, 0.29) is 31.1 Å². The molecule has 2 rings (SSSR count). The Kier molecular flexibility index (Phi) is 22.1. The maximum Gasteiger partial charge on any atom is 0.258 e. The van der Waals surface area contributed by atoms with Crippen molar-refractivity contribution in [1.29, 1.82) is 1.34 Å². The second-order valence-corrected chi connectivity index (χ2v) is 25.9. The van der Waals surface area contributed by atoms with E-state index in [9.17, 15) is 5.11 Å². The Morgan fingerprint density at radius 1 is 0.628 bits per heavy atom. The van der Waals surface area contributed by atoms with Gasteiger partial charge in [-0.25, -0.2) is 0 Å². The SMILES string of the molecule is CC(C)[Si](Cl)(C(C)C)C(C)C.CC(C)[Si](Oc1ccccc1N(C)C)(C(C)C)C(C)C.CN(C)c1ccccc1O.[2H][B].[U]. The van der Waals surface area contributed by atoms with E-state index in [1.807, 2.05) is 37.2 Å². The number of hydrogen-bond acceptors (Lipinski definition) is 4. The van der Waals surface area contributed by atoms with E-state index >= 15 is 0 Å². The summed E-state index contributed by atoms with van der Waals surface area (Å²) < 4.78 is 12.0. The molecule has 0 fully saturated rings. The van der Waals surface area contributed by atoms with Crippen molar-refractivity contribution in [2.24, 2.45) is 0 Å². The van der Waals surface area contributed by atoms with Crippen LogP contribution >= 0.6 is 11.1 Å². The summed E-state index contributed by atoms with van der Waals surface area (Å²) >= 11 is 6.68. The molecule has 0 aliphatic rings. The van der Waals surface area contributed by atoms with Crippen molar-refractivity contribution < 1.29 is 40.6 Å². The van der Waals surface area contributed by atoms with Crippen LogP contribution in [0.25, 0.3) is 0 Å². The van der Waals surface area contributed by atoms with Crippen molar-refractivity contribution in [1.82, 2.24) is 0 Å². The van der Waals surface area contributed by atoms with Gasteiger partial charge in [0.2, 0.25) is 0 Å². The van der Waals surface area contributed by atoms with Crippen LogP contribution in [0.15, 0.2) is 48.5 Å². The maximum absolute atomic E-state index is 9.24. The molecule has 0 spiro atoms. The van der Waals surface area contributed by atoms with Crippen molar-refractivity contribution in [3.63, 3.8) is 0 Å². The molecule has 0 heterocycles. The van der Waals surface area contributed by atoms with Crippen LogP contribution in [0.3, 0.4) is 0 Å². The number of hydrogen-bond donors (Lipinski definition) is 1. The predicted molar refractivity (Wildman–Crippen MR) is 199 cm³/mol. The van der Waals surface area contributed by atoms with E-state index in [0.717, 1.165) is 11.4 Å². The van der Waals surface area contributed by atoms with Gasteiger partial charge in [-0.1, -0.05) is 107 Å². The van der Waals surface area contributed by atoms with E-state index in [1.165, 1.54) is 5.69 Å². The Labute approximate surface area is 300 Å². The van der Waals surface area contributed by atoms with Crippen LogP contribution in [0.4, 0.5) is 11.4 Å². The molecule has 0 bridgehead atoms. The van der Waals surface area contributed by atoms with Crippen LogP contribution in [0.5, 0.6) is 11.5 Å². The minimum atomic E-state index is -1.87. The number of para-hydroxylation sites is 4. The molecule has 2 aromatic rings. The zero-order valence-electron chi connectivity index (χ0n) is 31.3. The van der Waals surface area contributed by atoms with Crippen LogP contribution in [0.2, 0.25) is 33.2 Å². The maximum atomic E-state index is 9.24. The zero-order valence-corrected chi connectivity index (χ0v) is 37.2. The standard InChI is InChI=1S/C17H31NOSi.C9H21ClSi.C8H11NO.BH.U/c1-13(2)20(14(3)4,15(5)6)19-17-12-10-9-11-16(17)18(7)8;1-7(2)11(10,8(3)4)9(5)6;1-9(2)7-5-3-4-6-8(7)10;;/h9-15H,1-8H3;7-9H,1-6H3;3-6,10H,1-2H3;1H;/i;;;1D;. The largest absolute Gasteiger partial charge is 0.541 e. The molecule has 9 heteroatoms. The summed E-state index contributed by atoms with van der Waals surface area (Å²) in [6.07, 6.45) is 0. The Morgan fingerprint density at radius 2 is 0.953 bits per heavy atom. The first kappa shape index (κ1) is 44.6. The third kappa shape index (κ3) is 13.0. The number of halogens is 1. The molecule has 0 aliphatic carbocycles. The molecule has 0 amide bonds. The van der Waals surface area contributed by atoms with Gasteiger partial charge < -0.3 is 19.3 Å².